The van der Waals surface area contributed by atoms with Crippen molar-refractivity contribution in [2.45, 2.75) is 12.5 Å². The van der Waals surface area contributed by atoms with Crippen LogP contribution in [0.1, 0.15) is 17.2 Å². The van der Waals surface area contributed by atoms with E-state index < -0.39 is 0 Å². The number of aliphatic imine (C=N–C) groups is 1. The smallest absolute Gasteiger partial charge is 0.231 e. The second kappa shape index (κ2) is 10.3. The summed E-state index contributed by atoms with van der Waals surface area (Å²) in [5, 5.41) is 6.92. The number of nitrogens with one attached hydrogen (secondary N) is 2. The number of benzene rings is 2. The summed E-state index contributed by atoms with van der Waals surface area (Å²) in [5.41, 5.74) is 2.51. The molecule has 7 nitrogen and oxygen atoms in total. The molecule has 2 heterocycles. The Hall–Kier alpha value is -2.77. The Bertz CT molecular complexity index is 838. The molecule has 1 fully saturated rings. The Morgan fingerprint density at radius 1 is 1.03 bits per heavy atom. The highest BCUT2D eigenvalue weighted by Crippen LogP contribution is 2.32. The molecule has 0 aromatic heterocycles. The summed E-state index contributed by atoms with van der Waals surface area (Å²) in [4.78, 5) is 6.87. The summed E-state index contributed by atoms with van der Waals surface area (Å²) < 4.78 is 16.4. The van der Waals surface area contributed by atoms with Crippen LogP contribution in [0.2, 0.25) is 0 Å². The molecule has 0 spiro atoms. The van der Waals surface area contributed by atoms with Crippen molar-refractivity contribution in [2.75, 3.05) is 53.2 Å². The third-order valence-electron chi connectivity index (χ3n) is 5.50. The number of hydrogen-bond acceptors (Lipinski definition) is 5. The van der Waals surface area contributed by atoms with Gasteiger partial charge in [0.1, 0.15) is 0 Å². The highest BCUT2D eigenvalue weighted by Gasteiger charge is 2.22. The molecule has 1 atom stereocenters. The van der Waals surface area contributed by atoms with E-state index in [0.717, 1.165) is 63.3 Å². The van der Waals surface area contributed by atoms with Gasteiger partial charge >= 0.3 is 0 Å². The first-order chi connectivity index (χ1) is 14.8. The molecule has 2 aromatic carbocycles. The quantitative estimate of drug-likeness (QED) is 0.539. The molecule has 1 saturated heterocycles. The fraction of sp³-hybridized carbons (Fsp3) is 0.435. The molecule has 2 N–H and O–H groups in total. The Kier molecular flexibility index (Phi) is 7.05. The van der Waals surface area contributed by atoms with E-state index in [0.29, 0.717) is 6.79 Å². The third-order valence-corrected chi connectivity index (χ3v) is 5.50. The van der Waals surface area contributed by atoms with Gasteiger partial charge in [0, 0.05) is 33.2 Å². The van der Waals surface area contributed by atoms with Crippen molar-refractivity contribution in [3.8, 4) is 11.5 Å². The third kappa shape index (κ3) is 5.23. The van der Waals surface area contributed by atoms with Crippen LogP contribution in [0.15, 0.2) is 53.5 Å². The van der Waals surface area contributed by atoms with E-state index in [-0.39, 0.29) is 6.04 Å². The van der Waals surface area contributed by atoms with Crippen LogP contribution in [0.4, 0.5) is 0 Å². The van der Waals surface area contributed by atoms with Crippen LogP contribution < -0.4 is 20.1 Å². The minimum atomic E-state index is 0.280. The van der Waals surface area contributed by atoms with Gasteiger partial charge in [-0.15, -0.1) is 0 Å². The molecule has 1 unspecified atom stereocenters. The maximum absolute atomic E-state index is 5.54. The fourth-order valence-electron chi connectivity index (χ4n) is 3.86. The van der Waals surface area contributed by atoms with Gasteiger partial charge in [-0.25, -0.2) is 0 Å². The van der Waals surface area contributed by atoms with Crippen LogP contribution in [0.3, 0.4) is 0 Å². The normalized spacial score (nSPS) is 17.6. The first kappa shape index (κ1) is 20.5. The fourth-order valence-corrected chi connectivity index (χ4v) is 3.86. The second-order valence-corrected chi connectivity index (χ2v) is 7.39. The van der Waals surface area contributed by atoms with Crippen molar-refractivity contribution in [2.24, 2.45) is 4.99 Å². The molecule has 2 aromatic rings. The molecule has 7 heteroatoms. The monoisotopic (exact) mass is 410 g/mol. The van der Waals surface area contributed by atoms with Crippen molar-refractivity contribution < 1.29 is 14.2 Å². The zero-order valence-electron chi connectivity index (χ0n) is 17.5. The van der Waals surface area contributed by atoms with Crippen LogP contribution in [-0.4, -0.2) is 64.1 Å². The SMILES string of the molecule is CN=C(NCCc1ccc2c(c1)OCO2)NCC(c1ccccc1)N1CCOCC1. The molecular weight excluding hydrogens is 380 g/mol. The van der Waals surface area contributed by atoms with E-state index in [4.69, 9.17) is 14.2 Å². The predicted molar refractivity (Wildman–Crippen MR) is 117 cm³/mol. The maximum atomic E-state index is 5.54. The molecule has 2 aliphatic rings. The van der Waals surface area contributed by atoms with Gasteiger partial charge in [0.15, 0.2) is 17.5 Å². The lowest BCUT2D eigenvalue weighted by atomic mass is 10.0. The van der Waals surface area contributed by atoms with Gasteiger partial charge in [-0.3, -0.25) is 9.89 Å². The Labute approximate surface area is 178 Å². The van der Waals surface area contributed by atoms with Crippen molar-refractivity contribution in [3.63, 3.8) is 0 Å². The first-order valence-electron chi connectivity index (χ1n) is 10.5. The average molecular weight is 411 g/mol. The highest BCUT2D eigenvalue weighted by atomic mass is 16.7. The lowest BCUT2D eigenvalue weighted by Crippen LogP contribution is -2.46. The van der Waals surface area contributed by atoms with Crippen molar-refractivity contribution in [1.82, 2.24) is 15.5 Å². The average Bonchev–Trinajstić information content (AvgIpc) is 3.27. The van der Waals surface area contributed by atoms with Crippen LogP contribution in [0.5, 0.6) is 11.5 Å². The molecule has 0 amide bonds. The van der Waals surface area contributed by atoms with Gasteiger partial charge in [-0.05, 0) is 29.7 Å². The number of morpholine rings is 1. The summed E-state index contributed by atoms with van der Waals surface area (Å²) in [5.74, 6) is 2.45. The predicted octanol–water partition coefficient (Wildman–Crippen LogP) is 2.20. The van der Waals surface area contributed by atoms with Crippen LogP contribution >= 0.6 is 0 Å². The van der Waals surface area contributed by atoms with Crippen molar-refractivity contribution in [3.05, 3.63) is 59.7 Å². The molecule has 2 aliphatic heterocycles. The van der Waals surface area contributed by atoms with Crippen molar-refractivity contribution >= 4 is 5.96 Å². The minimum Gasteiger partial charge on any atom is -0.454 e. The summed E-state index contributed by atoms with van der Waals surface area (Å²) in [7, 11) is 1.81. The number of guanidine groups is 1. The van der Waals surface area contributed by atoms with Crippen LogP contribution in [0.25, 0.3) is 0 Å². The highest BCUT2D eigenvalue weighted by molar-refractivity contribution is 5.79. The zero-order chi connectivity index (χ0) is 20.6. The Morgan fingerprint density at radius 2 is 1.83 bits per heavy atom. The van der Waals surface area contributed by atoms with Gasteiger partial charge in [0.05, 0.1) is 19.3 Å². The largest absolute Gasteiger partial charge is 0.454 e. The number of hydrogen-bond donors (Lipinski definition) is 2. The summed E-state index contributed by atoms with van der Waals surface area (Å²) in [6.45, 7) is 5.33. The number of rotatable bonds is 7. The Balaban J connectivity index is 1.30. The maximum Gasteiger partial charge on any atom is 0.231 e. The number of fused-ring (bicyclic) bond motifs is 1. The van der Waals surface area contributed by atoms with E-state index in [9.17, 15) is 0 Å². The van der Waals surface area contributed by atoms with Gasteiger partial charge in [0.2, 0.25) is 6.79 Å². The lowest BCUT2D eigenvalue weighted by molar-refractivity contribution is 0.0170. The van der Waals surface area contributed by atoms with Gasteiger partial charge < -0.3 is 24.8 Å². The molecule has 30 heavy (non-hydrogen) atoms. The molecule has 0 radical (unpaired) electrons. The lowest BCUT2D eigenvalue weighted by Gasteiger charge is -2.35. The molecule has 4 rings (SSSR count). The van der Waals surface area contributed by atoms with E-state index in [1.165, 1.54) is 11.1 Å². The van der Waals surface area contributed by atoms with Crippen LogP contribution in [-0.2, 0) is 11.2 Å². The summed E-state index contributed by atoms with van der Waals surface area (Å²) in [6, 6.07) is 17.0. The minimum absolute atomic E-state index is 0.280. The molecule has 0 aliphatic carbocycles. The molecule has 0 saturated carbocycles. The van der Waals surface area contributed by atoms with E-state index in [1.54, 1.807) is 0 Å². The number of nitrogens with zero attached hydrogens (tertiary/aromatic N) is 2. The summed E-state index contributed by atoms with van der Waals surface area (Å²) in [6.07, 6.45) is 0.878. The van der Waals surface area contributed by atoms with Crippen LogP contribution in [0, 0.1) is 0 Å². The molecular formula is C23H30N4O3. The molecule has 0 bridgehead atoms. The van der Waals surface area contributed by atoms with E-state index in [2.05, 4.69) is 56.9 Å². The zero-order valence-corrected chi connectivity index (χ0v) is 17.5. The van der Waals surface area contributed by atoms with Gasteiger partial charge in [-0.1, -0.05) is 36.4 Å². The second-order valence-electron chi connectivity index (χ2n) is 7.39. The van der Waals surface area contributed by atoms with E-state index >= 15 is 0 Å². The first-order valence-corrected chi connectivity index (χ1v) is 10.5. The molecule has 160 valence electrons. The number of ether oxygens (including phenoxy) is 3. The Morgan fingerprint density at radius 3 is 2.63 bits per heavy atom. The van der Waals surface area contributed by atoms with E-state index in [1.807, 2.05) is 19.2 Å². The summed E-state index contributed by atoms with van der Waals surface area (Å²) >= 11 is 0. The van der Waals surface area contributed by atoms with Crippen molar-refractivity contribution in [1.29, 1.82) is 0 Å². The van der Waals surface area contributed by atoms with Gasteiger partial charge in [-0.2, -0.15) is 0 Å². The van der Waals surface area contributed by atoms with Gasteiger partial charge in [0.25, 0.3) is 0 Å². The standard InChI is InChI=1S/C23H30N4O3/c1-24-23(25-10-9-18-7-8-21-22(15-18)30-17-29-21)26-16-20(19-5-3-2-4-6-19)27-11-13-28-14-12-27/h2-8,15,20H,9-14,16-17H2,1H3,(H2,24,25,26). The topological polar surface area (TPSA) is 67.4 Å².